The van der Waals surface area contributed by atoms with Gasteiger partial charge in [0.15, 0.2) is 11.5 Å². The normalized spacial score (nSPS) is 14.2. The summed E-state index contributed by atoms with van der Waals surface area (Å²) in [6, 6.07) is 11.9. The van der Waals surface area contributed by atoms with E-state index in [1.54, 1.807) is 47.1 Å². The zero-order valence-corrected chi connectivity index (χ0v) is 25.3. The molecule has 3 N–H and O–H groups in total. The molecule has 0 unspecified atom stereocenters. The number of aromatic nitrogens is 2. The molecule has 1 aliphatic heterocycles. The summed E-state index contributed by atoms with van der Waals surface area (Å²) in [5.74, 6) is 0.583. The summed E-state index contributed by atoms with van der Waals surface area (Å²) in [6.45, 7) is 6.56. The Labute approximate surface area is 254 Å². The summed E-state index contributed by atoms with van der Waals surface area (Å²) in [7, 11) is 3.19. The van der Waals surface area contributed by atoms with Gasteiger partial charge in [0.05, 0.1) is 30.1 Å². The van der Waals surface area contributed by atoms with Crippen LogP contribution in [-0.2, 0) is 16.6 Å². The molecule has 0 fully saturated rings. The van der Waals surface area contributed by atoms with Crippen LogP contribution in [0.15, 0.2) is 42.5 Å². The molecule has 0 saturated heterocycles. The molecule has 230 valence electrons. The van der Waals surface area contributed by atoms with Crippen molar-refractivity contribution in [1.82, 2.24) is 20.2 Å². The van der Waals surface area contributed by atoms with Crippen LogP contribution in [0.3, 0.4) is 0 Å². The van der Waals surface area contributed by atoms with Gasteiger partial charge in [0.2, 0.25) is 5.91 Å². The predicted octanol–water partition coefficient (Wildman–Crippen LogP) is 4.65. The first-order valence-electron chi connectivity index (χ1n) is 14.3. The molecule has 0 spiro atoms. The zero-order valence-electron chi connectivity index (χ0n) is 25.3. The maximum Gasteiger partial charge on any atom is 0.273 e. The number of nitro groups is 1. The van der Waals surface area contributed by atoms with Crippen LogP contribution in [0.1, 0.15) is 47.3 Å². The highest BCUT2D eigenvalue weighted by Crippen LogP contribution is 2.42. The first-order chi connectivity index (χ1) is 21.0. The van der Waals surface area contributed by atoms with E-state index < -0.39 is 16.2 Å². The zero-order chi connectivity index (χ0) is 31.8. The second-order valence-corrected chi connectivity index (χ2v) is 11.3. The van der Waals surface area contributed by atoms with Crippen LogP contribution < -0.4 is 14.8 Å². The Balaban J connectivity index is 1.34. The number of nitrogens with one attached hydrogen (secondary N) is 2. The van der Waals surface area contributed by atoms with E-state index in [0.29, 0.717) is 47.7 Å². The Morgan fingerprint density at radius 1 is 1.07 bits per heavy atom. The molecule has 44 heavy (non-hydrogen) atoms. The number of hydrogen-bond donors (Lipinski definition) is 3. The van der Waals surface area contributed by atoms with Crippen LogP contribution in [0.4, 0.5) is 5.69 Å². The van der Waals surface area contributed by atoms with Gasteiger partial charge in [-0.15, -0.1) is 0 Å². The first kappa shape index (κ1) is 30.5. The second-order valence-electron chi connectivity index (χ2n) is 11.3. The molecule has 0 bridgehead atoms. The number of ether oxygens (including phenoxy) is 2. The third kappa shape index (κ3) is 5.44. The standard InChI is InChI=1S/C32H35N5O7/c1-18-7-9-20(16-22(18)37(41)42)29-34-27-23(38)17-21-26(28(27)35-29)30(39)36(31(40)32(21,2)3)14-6-12-33-13-11-19-8-10-24(43-4)25(15-19)44-5/h7-10,15-17,33,38H,6,11-14H2,1-5H3,(H,34,35). The molecule has 5 rings (SSSR count). The van der Waals surface area contributed by atoms with Gasteiger partial charge in [0, 0.05) is 23.7 Å². The molecule has 0 radical (unpaired) electrons. The fourth-order valence-corrected chi connectivity index (χ4v) is 5.59. The average Bonchev–Trinajstić information content (AvgIpc) is 3.45. The minimum atomic E-state index is -1.10. The lowest BCUT2D eigenvalue weighted by Gasteiger charge is -2.37. The van der Waals surface area contributed by atoms with Gasteiger partial charge >= 0.3 is 0 Å². The van der Waals surface area contributed by atoms with Gasteiger partial charge in [-0.2, -0.15) is 0 Å². The molecule has 1 aromatic heterocycles. The smallest absolute Gasteiger partial charge is 0.273 e. The van der Waals surface area contributed by atoms with Crippen LogP contribution in [-0.4, -0.2) is 70.6 Å². The van der Waals surface area contributed by atoms with Crippen LogP contribution in [0.2, 0.25) is 0 Å². The highest BCUT2D eigenvalue weighted by atomic mass is 16.6. The summed E-state index contributed by atoms with van der Waals surface area (Å²) in [4.78, 5) is 47.3. The number of fused-ring (bicyclic) bond motifs is 3. The van der Waals surface area contributed by atoms with E-state index in [-0.39, 0.29) is 46.3 Å². The Morgan fingerprint density at radius 2 is 1.82 bits per heavy atom. The monoisotopic (exact) mass is 601 g/mol. The number of aromatic amines is 1. The number of aryl methyl sites for hydroxylation is 1. The highest BCUT2D eigenvalue weighted by molar-refractivity contribution is 6.18. The third-order valence-corrected chi connectivity index (χ3v) is 8.11. The molecule has 2 amide bonds. The molecule has 1 aliphatic rings. The molecule has 0 aliphatic carbocycles. The van der Waals surface area contributed by atoms with Crippen LogP contribution in [0, 0.1) is 17.0 Å². The molecule has 0 atom stereocenters. The van der Waals surface area contributed by atoms with Crippen molar-refractivity contribution in [3.8, 4) is 28.6 Å². The van der Waals surface area contributed by atoms with Crippen molar-refractivity contribution in [2.75, 3.05) is 33.9 Å². The summed E-state index contributed by atoms with van der Waals surface area (Å²) in [6.07, 6.45) is 1.30. The van der Waals surface area contributed by atoms with Crippen molar-refractivity contribution in [1.29, 1.82) is 0 Å². The number of amides is 2. The topological polar surface area (TPSA) is 160 Å². The number of imide groups is 1. The van der Waals surface area contributed by atoms with Crippen molar-refractivity contribution in [2.45, 2.75) is 39.0 Å². The van der Waals surface area contributed by atoms with E-state index >= 15 is 0 Å². The summed E-state index contributed by atoms with van der Waals surface area (Å²) in [5, 5.41) is 25.7. The summed E-state index contributed by atoms with van der Waals surface area (Å²) >= 11 is 0. The molecule has 12 nitrogen and oxygen atoms in total. The lowest BCUT2D eigenvalue weighted by Crippen LogP contribution is -2.52. The number of rotatable bonds is 11. The minimum absolute atomic E-state index is 0.0690. The molecular formula is C32H35N5O7. The number of aromatic hydroxyl groups is 1. The van der Waals surface area contributed by atoms with Gasteiger partial charge in [-0.1, -0.05) is 18.2 Å². The van der Waals surface area contributed by atoms with Gasteiger partial charge in [-0.3, -0.25) is 24.6 Å². The predicted molar refractivity (Wildman–Crippen MR) is 164 cm³/mol. The number of H-pyrrole nitrogens is 1. The molecule has 3 aromatic carbocycles. The fourth-order valence-electron chi connectivity index (χ4n) is 5.59. The van der Waals surface area contributed by atoms with E-state index in [0.717, 1.165) is 12.0 Å². The van der Waals surface area contributed by atoms with Gasteiger partial charge in [0.1, 0.15) is 22.6 Å². The largest absolute Gasteiger partial charge is 0.506 e. The van der Waals surface area contributed by atoms with Gasteiger partial charge in [0.25, 0.3) is 11.6 Å². The van der Waals surface area contributed by atoms with Crippen molar-refractivity contribution in [3.05, 3.63) is 74.8 Å². The Kier molecular flexibility index (Phi) is 8.29. The lowest BCUT2D eigenvalue weighted by atomic mass is 9.76. The number of phenolic OH excluding ortho intramolecular Hbond substituents is 1. The molecular weight excluding hydrogens is 566 g/mol. The van der Waals surface area contributed by atoms with Crippen molar-refractivity contribution < 1.29 is 29.1 Å². The molecule has 2 heterocycles. The van der Waals surface area contributed by atoms with Crippen molar-refractivity contribution in [2.24, 2.45) is 0 Å². The Bertz CT molecular complexity index is 1780. The maximum absolute atomic E-state index is 13.8. The lowest BCUT2D eigenvalue weighted by molar-refractivity contribution is -0.385. The summed E-state index contributed by atoms with van der Waals surface area (Å²) in [5.41, 5.74) is 1.89. The van der Waals surface area contributed by atoms with Crippen molar-refractivity contribution in [3.63, 3.8) is 0 Å². The third-order valence-electron chi connectivity index (χ3n) is 8.11. The van der Waals surface area contributed by atoms with Crippen LogP contribution >= 0.6 is 0 Å². The number of benzene rings is 3. The summed E-state index contributed by atoms with van der Waals surface area (Å²) < 4.78 is 10.7. The number of nitro benzene ring substituents is 1. The first-order valence-corrected chi connectivity index (χ1v) is 14.3. The van der Waals surface area contributed by atoms with E-state index in [1.165, 1.54) is 17.0 Å². The van der Waals surface area contributed by atoms with Crippen LogP contribution in [0.25, 0.3) is 22.4 Å². The van der Waals surface area contributed by atoms with Crippen LogP contribution in [0.5, 0.6) is 17.2 Å². The van der Waals surface area contributed by atoms with Crippen molar-refractivity contribution >= 4 is 28.5 Å². The fraction of sp³-hybridized carbons (Fsp3) is 0.344. The Morgan fingerprint density at radius 3 is 2.52 bits per heavy atom. The quantitative estimate of drug-likeness (QED) is 0.0962. The Hall–Kier alpha value is -4.97. The highest BCUT2D eigenvalue weighted by Gasteiger charge is 2.46. The van der Waals surface area contributed by atoms with Gasteiger partial charge in [-0.25, -0.2) is 4.98 Å². The average molecular weight is 602 g/mol. The van der Waals surface area contributed by atoms with E-state index in [4.69, 9.17) is 9.47 Å². The minimum Gasteiger partial charge on any atom is -0.506 e. The number of carbonyl (C=O) groups excluding carboxylic acids is 2. The van der Waals surface area contributed by atoms with Gasteiger partial charge < -0.3 is 24.9 Å². The number of phenols is 1. The maximum atomic E-state index is 13.8. The molecule has 0 saturated carbocycles. The van der Waals surface area contributed by atoms with Gasteiger partial charge in [-0.05, 0) is 76.0 Å². The number of methoxy groups -OCH3 is 2. The van der Waals surface area contributed by atoms with E-state index in [2.05, 4.69) is 15.3 Å². The SMILES string of the molecule is COc1ccc(CCNCCCN2C(=O)c3c(cc(O)c4[nH]c(-c5ccc(C)c([N+](=O)[O-])c5)nc34)C(C)(C)C2=O)cc1OC. The molecule has 4 aromatic rings. The number of nitrogens with zero attached hydrogens (tertiary/aromatic N) is 3. The number of carbonyl (C=O) groups is 2. The number of imidazole rings is 1. The second kappa shape index (κ2) is 12.0. The molecule has 12 heteroatoms. The number of hydrogen-bond acceptors (Lipinski definition) is 9. The van der Waals surface area contributed by atoms with E-state index in [1.807, 2.05) is 18.2 Å². The van der Waals surface area contributed by atoms with E-state index in [9.17, 15) is 24.8 Å².